The smallest absolute Gasteiger partial charge is 0.335 e. The Balaban J connectivity index is 1.98. The highest BCUT2D eigenvalue weighted by atomic mass is 16.4. The molecule has 3 rings (SSSR count). The first kappa shape index (κ1) is 12.9. The van der Waals surface area contributed by atoms with Gasteiger partial charge in [-0.2, -0.15) is 5.10 Å². The lowest BCUT2D eigenvalue weighted by atomic mass is 10.1. The van der Waals surface area contributed by atoms with Gasteiger partial charge in [-0.05, 0) is 30.3 Å². The van der Waals surface area contributed by atoms with Crippen LogP contribution in [0, 0.1) is 0 Å². The van der Waals surface area contributed by atoms with Crippen LogP contribution in [0.1, 0.15) is 20.8 Å². The van der Waals surface area contributed by atoms with Crippen LogP contribution in [0.5, 0.6) is 0 Å². The number of nitrogens with zero attached hydrogens (tertiary/aromatic N) is 1. The van der Waals surface area contributed by atoms with Gasteiger partial charge in [0.1, 0.15) is 0 Å². The van der Waals surface area contributed by atoms with Gasteiger partial charge in [0.2, 0.25) is 0 Å². The summed E-state index contributed by atoms with van der Waals surface area (Å²) in [7, 11) is 0. The van der Waals surface area contributed by atoms with Gasteiger partial charge >= 0.3 is 5.97 Å². The molecular weight excluding hydrogens is 270 g/mol. The van der Waals surface area contributed by atoms with Crippen molar-refractivity contribution in [2.75, 3.05) is 5.32 Å². The summed E-state index contributed by atoms with van der Waals surface area (Å²) in [6, 6.07) is 13.5. The molecule has 3 aromatic rings. The van der Waals surface area contributed by atoms with E-state index >= 15 is 0 Å². The summed E-state index contributed by atoms with van der Waals surface area (Å²) in [4.78, 5) is 23.2. The molecule has 0 aliphatic heterocycles. The molecule has 0 radical (unpaired) electrons. The van der Waals surface area contributed by atoms with Crippen LogP contribution in [0.15, 0.2) is 48.5 Å². The van der Waals surface area contributed by atoms with E-state index in [-0.39, 0.29) is 11.3 Å². The summed E-state index contributed by atoms with van der Waals surface area (Å²) >= 11 is 0. The molecule has 0 aliphatic rings. The zero-order valence-corrected chi connectivity index (χ0v) is 10.8. The molecule has 2 aromatic carbocycles. The van der Waals surface area contributed by atoms with E-state index in [1.165, 1.54) is 12.1 Å². The molecule has 104 valence electrons. The van der Waals surface area contributed by atoms with Crippen LogP contribution in [-0.4, -0.2) is 27.2 Å². The van der Waals surface area contributed by atoms with Crippen molar-refractivity contribution in [2.45, 2.75) is 0 Å². The van der Waals surface area contributed by atoms with Crippen molar-refractivity contribution < 1.29 is 14.7 Å². The van der Waals surface area contributed by atoms with Gasteiger partial charge in [-0.25, -0.2) is 4.79 Å². The summed E-state index contributed by atoms with van der Waals surface area (Å²) in [5.41, 5.74) is 1.53. The molecule has 0 unspecified atom stereocenters. The summed E-state index contributed by atoms with van der Waals surface area (Å²) in [6.45, 7) is 0. The van der Waals surface area contributed by atoms with Gasteiger partial charge in [-0.1, -0.05) is 18.2 Å². The molecule has 0 saturated heterocycles. The van der Waals surface area contributed by atoms with Crippen molar-refractivity contribution in [3.05, 3.63) is 59.8 Å². The third kappa shape index (κ3) is 2.46. The lowest BCUT2D eigenvalue weighted by Crippen LogP contribution is -2.12. The Labute approximate surface area is 119 Å². The second-order valence-electron chi connectivity index (χ2n) is 4.46. The van der Waals surface area contributed by atoms with Crippen LogP contribution in [0.3, 0.4) is 0 Å². The first-order chi connectivity index (χ1) is 10.1. The van der Waals surface area contributed by atoms with Crippen molar-refractivity contribution in [1.29, 1.82) is 0 Å². The largest absolute Gasteiger partial charge is 0.478 e. The highest BCUT2D eigenvalue weighted by Gasteiger charge is 2.16. The highest BCUT2D eigenvalue weighted by molar-refractivity contribution is 6.11. The number of benzene rings is 2. The van der Waals surface area contributed by atoms with E-state index in [4.69, 9.17) is 5.11 Å². The van der Waals surface area contributed by atoms with Gasteiger partial charge in [-0.3, -0.25) is 9.89 Å². The van der Waals surface area contributed by atoms with E-state index < -0.39 is 11.9 Å². The minimum Gasteiger partial charge on any atom is -0.478 e. The maximum absolute atomic E-state index is 12.2. The molecule has 1 heterocycles. The fourth-order valence-electron chi connectivity index (χ4n) is 2.03. The number of fused-ring (bicyclic) bond motifs is 1. The number of amides is 1. The van der Waals surface area contributed by atoms with E-state index in [0.29, 0.717) is 16.6 Å². The number of aromatic carboxylic acids is 1. The lowest BCUT2D eigenvalue weighted by molar-refractivity contribution is 0.0696. The average Bonchev–Trinajstić information content (AvgIpc) is 2.91. The Morgan fingerprint density at radius 2 is 1.86 bits per heavy atom. The molecule has 0 saturated carbocycles. The number of carboxylic acid groups (broad SMARTS) is 1. The van der Waals surface area contributed by atoms with Crippen LogP contribution in [0.2, 0.25) is 0 Å². The molecule has 6 heteroatoms. The quantitative estimate of drug-likeness (QED) is 0.687. The SMILES string of the molecule is O=C(O)c1ccc2[nH]nc(C(=O)Nc3ccccc3)c2c1. The molecular formula is C15H11N3O3. The molecule has 6 nitrogen and oxygen atoms in total. The van der Waals surface area contributed by atoms with Crippen molar-refractivity contribution in [1.82, 2.24) is 10.2 Å². The fourth-order valence-corrected chi connectivity index (χ4v) is 2.03. The second-order valence-corrected chi connectivity index (χ2v) is 4.46. The first-order valence-electron chi connectivity index (χ1n) is 6.23. The molecule has 0 spiro atoms. The van der Waals surface area contributed by atoms with Crippen molar-refractivity contribution in [3.8, 4) is 0 Å². The summed E-state index contributed by atoms with van der Waals surface area (Å²) in [5.74, 6) is -1.44. The Hall–Kier alpha value is -3.15. The number of rotatable bonds is 3. The standard InChI is InChI=1S/C15H11N3O3/c19-14(16-10-4-2-1-3-5-10)13-11-8-9(15(20)21)6-7-12(11)17-18-13/h1-8H,(H,16,19)(H,17,18)(H,20,21). The van der Waals surface area contributed by atoms with Crippen molar-refractivity contribution in [3.63, 3.8) is 0 Å². The Kier molecular flexibility index (Phi) is 3.12. The van der Waals surface area contributed by atoms with Crippen LogP contribution >= 0.6 is 0 Å². The van der Waals surface area contributed by atoms with E-state index in [1.807, 2.05) is 6.07 Å². The Morgan fingerprint density at radius 3 is 2.57 bits per heavy atom. The normalized spacial score (nSPS) is 10.5. The first-order valence-corrected chi connectivity index (χ1v) is 6.23. The highest BCUT2D eigenvalue weighted by Crippen LogP contribution is 2.19. The van der Waals surface area contributed by atoms with Crippen molar-refractivity contribution in [2.24, 2.45) is 0 Å². The van der Waals surface area contributed by atoms with Crippen LogP contribution in [-0.2, 0) is 0 Å². The summed E-state index contributed by atoms with van der Waals surface area (Å²) in [5, 5.41) is 18.9. The molecule has 0 bridgehead atoms. The van der Waals surface area contributed by atoms with E-state index in [2.05, 4.69) is 15.5 Å². The molecule has 1 amide bonds. The number of hydrogen-bond acceptors (Lipinski definition) is 3. The zero-order valence-electron chi connectivity index (χ0n) is 10.8. The molecule has 1 aromatic heterocycles. The minimum absolute atomic E-state index is 0.109. The van der Waals surface area contributed by atoms with E-state index in [9.17, 15) is 9.59 Å². The molecule has 0 aliphatic carbocycles. The summed E-state index contributed by atoms with van der Waals surface area (Å²) in [6.07, 6.45) is 0. The number of carbonyl (C=O) groups is 2. The lowest BCUT2D eigenvalue weighted by Gasteiger charge is -2.03. The number of hydrogen-bond donors (Lipinski definition) is 3. The number of carboxylic acids is 1. The van der Waals surface area contributed by atoms with Gasteiger partial charge in [0.15, 0.2) is 5.69 Å². The second kappa shape index (κ2) is 5.09. The topological polar surface area (TPSA) is 95.1 Å². The molecule has 0 fully saturated rings. The number of para-hydroxylation sites is 1. The third-order valence-corrected chi connectivity index (χ3v) is 3.06. The van der Waals surface area contributed by atoms with Gasteiger partial charge in [0, 0.05) is 11.1 Å². The maximum Gasteiger partial charge on any atom is 0.335 e. The average molecular weight is 281 g/mol. The number of carbonyl (C=O) groups excluding carboxylic acids is 1. The third-order valence-electron chi connectivity index (χ3n) is 3.06. The van der Waals surface area contributed by atoms with Crippen molar-refractivity contribution >= 4 is 28.5 Å². The van der Waals surface area contributed by atoms with Gasteiger partial charge in [-0.15, -0.1) is 0 Å². The number of nitrogens with one attached hydrogen (secondary N) is 2. The fraction of sp³-hybridized carbons (Fsp3) is 0. The van der Waals surface area contributed by atoms with Crippen LogP contribution in [0.4, 0.5) is 5.69 Å². The Bertz CT molecular complexity index is 825. The predicted molar refractivity (Wildman–Crippen MR) is 77.4 cm³/mol. The molecule has 3 N–H and O–H groups in total. The van der Waals surface area contributed by atoms with Gasteiger partial charge in [0.05, 0.1) is 11.1 Å². The number of H-pyrrole nitrogens is 1. The van der Waals surface area contributed by atoms with E-state index in [1.54, 1.807) is 30.3 Å². The van der Waals surface area contributed by atoms with Crippen LogP contribution < -0.4 is 5.32 Å². The van der Waals surface area contributed by atoms with Crippen LogP contribution in [0.25, 0.3) is 10.9 Å². The minimum atomic E-state index is -1.05. The number of aromatic nitrogens is 2. The van der Waals surface area contributed by atoms with Gasteiger partial charge < -0.3 is 10.4 Å². The molecule has 21 heavy (non-hydrogen) atoms. The monoisotopic (exact) mass is 281 g/mol. The van der Waals surface area contributed by atoms with E-state index in [0.717, 1.165) is 0 Å². The number of anilines is 1. The number of aromatic amines is 1. The molecule has 0 atom stereocenters. The summed E-state index contributed by atoms with van der Waals surface area (Å²) < 4.78 is 0. The zero-order chi connectivity index (χ0) is 14.8. The van der Waals surface area contributed by atoms with Gasteiger partial charge in [0.25, 0.3) is 5.91 Å². The predicted octanol–water partition coefficient (Wildman–Crippen LogP) is 2.51. The Morgan fingerprint density at radius 1 is 1.10 bits per heavy atom. The maximum atomic E-state index is 12.2.